The van der Waals surface area contributed by atoms with Crippen molar-refractivity contribution in [3.05, 3.63) is 0 Å². The molecule has 0 heterocycles. The van der Waals surface area contributed by atoms with Crippen LogP contribution in [0.1, 0.15) is 0 Å². The first kappa shape index (κ1) is 32.7. The molecule has 0 aliphatic carbocycles. The SMILES string of the molecule is F.S.[BaH2].[Cu]. The van der Waals surface area contributed by atoms with Crippen LogP contribution < -0.4 is 0 Å². The van der Waals surface area contributed by atoms with E-state index in [2.05, 4.69) is 0 Å². The first-order chi connectivity index (χ1) is 0. The summed E-state index contributed by atoms with van der Waals surface area (Å²) < 4.78 is 0. The van der Waals surface area contributed by atoms with E-state index in [1.54, 1.807) is 0 Å². The predicted molar refractivity (Wildman–Crippen MR) is 21.4 cm³/mol. The smallest absolute Gasteiger partial charge is 0 e. The van der Waals surface area contributed by atoms with Crippen LogP contribution in [0.4, 0.5) is 4.70 Å². The van der Waals surface area contributed by atoms with Crippen molar-refractivity contribution in [3.8, 4) is 0 Å². The Bertz CT molecular complexity index is 8.00. The number of halogens is 1. The maximum absolute atomic E-state index is 0. The summed E-state index contributed by atoms with van der Waals surface area (Å²) in [5.74, 6) is 0. The molecule has 0 spiro atoms. The number of hydrogen-bond acceptors (Lipinski definition) is 0. The Morgan fingerprint density at radius 2 is 1.00 bits per heavy atom. The van der Waals surface area contributed by atoms with Gasteiger partial charge in [-0.25, -0.2) is 0 Å². The van der Waals surface area contributed by atoms with Crippen molar-refractivity contribution in [2.75, 3.05) is 0 Å². The molecule has 0 fully saturated rings. The molecule has 0 aliphatic rings. The van der Waals surface area contributed by atoms with Gasteiger partial charge in [0.15, 0.2) is 0 Å². The van der Waals surface area contributed by atoms with Gasteiger partial charge in [-0.05, 0) is 0 Å². The fourth-order valence-corrected chi connectivity index (χ4v) is 0. The minimum atomic E-state index is 0. The fourth-order valence-electron chi connectivity index (χ4n) is 0. The Hall–Kier alpha value is 2.37. The number of rotatable bonds is 0. The van der Waals surface area contributed by atoms with Crippen molar-refractivity contribution in [1.82, 2.24) is 0 Å². The summed E-state index contributed by atoms with van der Waals surface area (Å²) >= 11 is 0. The minimum Gasteiger partial charge on any atom is 0 e. The van der Waals surface area contributed by atoms with Crippen molar-refractivity contribution in [1.29, 1.82) is 0 Å². The summed E-state index contributed by atoms with van der Waals surface area (Å²) in [6.07, 6.45) is 0. The van der Waals surface area contributed by atoms with Crippen LogP contribution >= 0.6 is 13.5 Å². The van der Waals surface area contributed by atoms with Crippen molar-refractivity contribution in [2.45, 2.75) is 0 Å². The monoisotopic (exact) mass is 257 g/mol. The van der Waals surface area contributed by atoms with E-state index < -0.39 is 0 Å². The molecule has 0 rings (SSSR count). The Kier molecular flexibility index (Phi) is 149. The Labute approximate surface area is 82.5 Å². The van der Waals surface area contributed by atoms with Crippen molar-refractivity contribution < 1.29 is 21.8 Å². The average Bonchev–Trinajstić information content (AvgIpc) is 0. The molecule has 0 unspecified atom stereocenters. The molecule has 0 saturated carbocycles. The van der Waals surface area contributed by atoms with Crippen molar-refractivity contribution >= 4 is 62.4 Å². The molecular weight excluding hydrogens is 252 g/mol. The van der Waals surface area contributed by atoms with Gasteiger partial charge in [0, 0.05) is 17.1 Å². The van der Waals surface area contributed by atoms with Gasteiger partial charge in [-0.15, -0.1) is 0 Å². The topological polar surface area (TPSA) is 0 Å². The molecule has 0 aromatic rings. The zero-order valence-electron chi connectivity index (χ0n) is 1.21. The van der Waals surface area contributed by atoms with Gasteiger partial charge in [0.1, 0.15) is 0 Å². The molecule has 1 radical (unpaired) electrons. The molecule has 0 aromatic carbocycles. The standard InChI is InChI=1S/Ba.Cu.FH.H2S.2H/h;;1H;1H2;;. The maximum Gasteiger partial charge on any atom is 0 e. The van der Waals surface area contributed by atoms with Crippen LogP contribution in [0.2, 0.25) is 0 Å². The van der Waals surface area contributed by atoms with E-state index in [0.717, 1.165) is 0 Å². The van der Waals surface area contributed by atoms with Crippen molar-refractivity contribution in [2.24, 2.45) is 0 Å². The first-order valence-electron chi connectivity index (χ1n) is 0. The van der Waals surface area contributed by atoms with E-state index in [1.165, 1.54) is 0 Å². The summed E-state index contributed by atoms with van der Waals surface area (Å²) in [6, 6.07) is 0. The Morgan fingerprint density at radius 3 is 1.00 bits per heavy atom. The van der Waals surface area contributed by atoms with Crippen LogP contribution in [0, 0.1) is 0 Å². The van der Waals surface area contributed by atoms with Crippen LogP contribution in [-0.4, -0.2) is 48.9 Å². The van der Waals surface area contributed by atoms with Gasteiger partial charge in [-0.2, -0.15) is 13.5 Å². The molecule has 31 valence electrons. The van der Waals surface area contributed by atoms with Gasteiger partial charge >= 0.3 is 48.9 Å². The third kappa shape index (κ3) is 8.84. The van der Waals surface area contributed by atoms with E-state index in [4.69, 9.17) is 0 Å². The molecule has 0 amide bonds. The molecule has 0 aromatic heterocycles. The van der Waals surface area contributed by atoms with Gasteiger partial charge in [0.05, 0.1) is 0 Å². The molecule has 4 heteroatoms. The molecule has 0 aliphatic heterocycles. The maximum atomic E-state index is 0. The van der Waals surface area contributed by atoms with Gasteiger partial charge in [-0.1, -0.05) is 0 Å². The van der Waals surface area contributed by atoms with Crippen molar-refractivity contribution in [3.63, 3.8) is 0 Å². The first-order valence-corrected chi connectivity index (χ1v) is 0. The van der Waals surface area contributed by atoms with Crippen LogP contribution in [0.5, 0.6) is 0 Å². The summed E-state index contributed by atoms with van der Waals surface area (Å²) in [4.78, 5) is 0. The third-order valence-corrected chi connectivity index (χ3v) is 0. The third-order valence-electron chi connectivity index (χ3n) is 0. The van der Waals surface area contributed by atoms with E-state index in [1.807, 2.05) is 0 Å². The minimum absolute atomic E-state index is 0. The zero-order chi connectivity index (χ0) is 0. The van der Waals surface area contributed by atoms with Crippen LogP contribution in [0.3, 0.4) is 0 Å². The largest absolute Gasteiger partial charge is 0 e. The second-order valence-electron chi connectivity index (χ2n) is 0. The average molecular weight is 257 g/mol. The van der Waals surface area contributed by atoms with Gasteiger partial charge in [0.2, 0.25) is 0 Å². The summed E-state index contributed by atoms with van der Waals surface area (Å²) in [6.45, 7) is 0. The van der Waals surface area contributed by atoms with E-state index in [-0.39, 0.29) is 84.1 Å². The van der Waals surface area contributed by atoms with Crippen LogP contribution in [-0.2, 0) is 17.1 Å². The molecule has 0 nitrogen and oxygen atoms in total. The fraction of sp³-hybridized carbons (Fsp3) is 0. The molecule has 0 N–H and O–H groups in total. The summed E-state index contributed by atoms with van der Waals surface area (Å²) in [5, 5.41) is 0. The summed E-state index contributed by atoms with van der Waals surface area (Å²) in [7, 11) is 0. The van der Waals surface area contributed by atoms with Crippen LogP contribution in [0.25, 0.3) is 0 Å². The molecular formula is H5BaCuFS. The van der Waals surface area contributed by atoms with E-state index >= 15 is 0 Å². The second kappa shape index (κ2) is 18.3. The van der Waals surface area contributed by atoms with Gasteiger partial charge < -0.3 is 0 Å². The Morgan fingerprint density at radius 1 is 1.00 bits per heavy atom. The quantitative estimate of drug-likeness (QED) is 0.506. The van der Waals surface area contributed by atoms with Crippen LogP contribution in [0.15, 0.2) is 0 Å². The number of hydrogen-bond donors (Lipinski definition) is 0. The van der Waals surface area contributed by atoms with E-state index in [0.29, 0.717) is 0 Å². The molecule has 0 bridgehead atoms. The zero-order valence-corrected chi connectivity index (χ0v) is 3.15. The Balaban J connectivity index is 0. The van der Waals surface area contributed by atoms with Gasteiger partial charge in [0.25, 0.3) is 0 Å². The molecule has 0 atom stereocenters. The molecule has 4 heavy (non-hydrogen) atoms. The normalized spacial score (nSPS) is 0. The molecule has 0 saturated heterocycles. The summed E-state index contributed by atoms with van der Waals surface area (Å²) in [5.41, 5.74) is 0. The predicted octanol–water partition coefficient (Wildman–Crippen LogP) is -0.653. The van der Waals surface area contributed by atoms with E-state index in [9.17, 15) is 0 Å². The van der Waals surface area contributed by atoms with Gasteiger partial charge in [-0.3, -0.25) is 4.70 Å². The second-order valence-corrected chi connectivity index (χ2v) is 0.